The highest BCUT2D eigenvalue weighted by atomic mass is 16.3. The first-order valence-corrected chi connectivity index (χ1v) is 6.59. The minimum absolute atomic E-state index is 0.0499. The molecule has 2 heterocycles. The molecule has 0 bridgehead atoms. The lowest BCUT2D eigenvalue weighted by molar-refractivity contribution is -0.139. The molecule has 18 heavy (non-hydrogen) atoms. The summed E-state index contributed by atoms with van der Waals surface area (Å²) < 4.78 is 0. The van der Waals surface area contributed by atoms with E-state index in [0.29, 0.717) is 26.1 Å². The maximum Gasteiger partial charge on any atom is 0.242 e. The van der Waals surface area contributed by atoms with Crippen LogP contribution in [0.4, 0.5) is 0 Å². The lowest BCUT2D eigenvalue weighted by Gasteiger charge is -2.35. The van der Waals surface area contributed by atoms with Crippen molar-refractivity contribution >= 4 is 11.8 Å². The van der Waals surface area contributed by atoms with E-state index in [0.717, 1.165) is 26.1 Å². The van der Waals surface area contributed by atoms with E-state index < -0.39 is 0 Å². The summed E-state index contributed by atoms with van der Waals surface area (Å²) in [6.45, 7) is 4.79. The Bertz CT molecular complexity index is 314. The van der Waals surface area contributed by atoms with Crippen molar-refractivity contribution in [2.45, 2.75) is 12.8 Å². The van der Waals surface area contributed by atoms with Crippen LogP contribution >= 0.6 is 0 Å². The summed E-state index contributed by atoms with van der Waals surface area (Å²) in [4.78, 5) is 29.1. The Morgan fingerprint density at radius 1 is 1.17 bits per heavy atom. The van der Waals surface area contributed by atoms with E-state index in [-0.39, 0.29) is 25.0 Å². The fourth-order valence-corrected chi connectivity index (χ4v) is 2.50. The highest BCUT2D eigenvalue weighted by molar-refractivity contribution is 5.85. The van der Waals surface area contributed by atoms with Gasteiger partial charge in [0.25, 0.3) is 0 Å². The van der Waals surface area contributed by atoms with Crippen LogP contribution in [0, 0.1) is 0 Å². The Hall–Kier alpha value is -1.14. The number of amides is 2. The normalized spacial score (nSPS) is 21.7. The van der Waals surface area contributed by atoms with Crippen molar-refractivity contribution in [1.29, 1.82) is 0 Å². The molecular formula is C12H21N3O3. The third kappa shape index (κ3) is 3.20. The van der Waals surface area contributed by atoms with Gasteiger partial charge < -0.3 is 14.9 Å². The van der Waals surface area contributed by atoms with Crippen molar-refractivity contribution in [2.24, 2.45) is 0 Å². The van der Waals surface area contributed by atoms with Gasteiger partial charge in [0.2, 0.25) is 11.8 Å². The van der Waals surface area contributed by atoms with Gasteiger partial charge in [0, 0.05) is 45.7 Å². The van der Waals surface area contributed by atoms with Crippen LogP contribution < -0.4 is 0 Å². The van der Waals surface area contributed by atoms with Gasteiger partial charge in [-0.15, -0.1) is 0 Å². The van der Waals surface area contributed by atoms with E-state index in [2.05, 4.69) is 4.90 Å². The van der Waals surface area contributed by atoms with Crippen molar-refractivity contribution in [3.05, 3.63) is 0 Å². The Morgan fingerprint density at radius 3 is 2.44 bits per heavy atom. The summed E-state index contributed by atoms with van der Waals surface area (Å²) in [5.74, 6) is 0.149. The average molecular weight is 255 g/mol. The largest absolute Gasteiger partial charge is 0.395 e. The van der Waals surface area contributed by atoms with E-state index in [1.807, 2.05) is 4.90 Å². The van der Waals surface area contributed by atoms with Crippen LogP contribution in [-0.2, 0) is 9.59 Å². The van der Waals surface area contributed by atoms with Gasteiger partial charge in [-0.2, -0.15) is 0 Å². The maximum absolute atomic E-state index is 12.0. The van der Waals surface area contributed by atoms with E-state index in [1.54, 1.807) is 4.90 Å². The summed E-state index contributed by atoms with van der Waals surface area (Å²) in [5.41, 5.74) is 0. The van der Waals surface area contributed by atoms with Gasteiger partial charge in [0.15, 0.2) is 0 Å². The number of aliphatic hydroxyl groups is 1. The predicted molar refractivity (Wildman–Crippen MR) is 65.9 cm³/mol. The number of β-amino-alcohol motifs (C(OH)–C–C–N with tert-alkyl or cyclic N) is 1. The van der Waals surface area contributed by atoms with Crippen LogP contribution in [0.15, 0.2) is 0 Å². The summed E-state index contributed by atoms with van der Waals surface area (Å²) in [7, 11) is 0. The van der Waals surface area contributed by atoms with Gasteiger partial charge in [-0.05, 0) is 6.42 Å². The molecule has 2 aliphatic rings. The van der Waals surface area contributed by atoms with E-state index in [4.69, 9.17) is 5.11 Å². The van der Waals surface area contributed by atoms with E-state index in [9.17, 15) is 9.59 Å². The van der Waals surface area contributed by atoms with Crippen molar-refractivity contribution in [2.75, 3.05) is 52.4 Å². The van der Waals surface area contributed by atoms with Gasteiger partial charge in [0.1, 0.15) is 0 Å². The lowest BCUT2D eigenvalue weighted by atomic mass is 10.3. The first kappa shape index (κ1) is 13.3. The molecule has 0 radical (unpaired) electrons. The molecule has 6 heteroatoms. The van der Waals surface area contributed by atoms with Crippen LogP contribution in [0.2, 0.25) is 0 Å². The third-order valence-corrected chi connectivity index (χ3v) is 3.64. The highest BCUT2D eigenvalue weighted by Crippen LogP contribution is 2.10. The first-order valence-electron chi connectivity index (χ1n) is 6.59. The molecule has 0 aromatic heterocycles. The number of rotatable bonds is 4. The Balaban J connectivity index is 1.75. The topological polar surface area (TPSA) is 64.1 Å². The zero-order valence-electron chi connectivity index (χ0n) is 10.7. The number of carbonyl (C=O) groups is 2. The molecule has 0 saturated carbocycles. The molecule has 2 amide bonds. The van der Waals surface area contributed by atoms with Gasteiger partial charge in [-0.1, -0.05) is 0 Å². The second-order valence-electron chi connectivity index (χ2n) is 4.86. The SMILES string of the molecule is O=C(CN1CCCC1=O)N1CCN(CCO)CC1. The van der Waals surface area contributed by atoms with E-state index >= 15 is 0 Å². The van der Waals surface area contributed by atoms with E-state index in [1.165, 1.54) is 0 Å². The molecule has 0 aliphatic carbocycles. The third-order valence-electron chi connectivity index (χ3n) is 3.64. The number of hydrogen-bond donors (Lipinski definition) is 1. The second kappa shape index (κ2) is 6.15. The molecule has 6 nitrogen and oxygen atoms in total. The minimum Gasteiger partial charge on any atom is -0.395 e. The molecule has 0 unspecified atom stereocenters. The summed E-state index contributed by atoms with van der Waals surface area (Å²) in [5, 5.41) is 8.85. The molecule has 102 valence electrons. The smallest absolute Gasteiger partial charge is 0.242 e. The number of piperazine rings is 1. The van der Waals surface area contributed by atoms with Crippen LogP contribution in [0.3, 0.4) is 0 Å². The predicted octanol–water partition coefficient (Wildman–Crippen LogP) is -1.25. The molecule has 0 aromatic rings. The highest BCUT2D eigenvalue weighted by Gasteiger charge is 2.26. The van der Waals surface area contributed by atoms with Gasteiger partial charge in [-0.25, -0.2) is 0 Å². The Kier molecular flexibility index (Phi) is 4.54. The molecule has 2 saturated heterocycles. The van der Waals surface area contributed by atoms with Gasteiger partial charge in [0.05, 0.1) is 13.2 Å². The molecule has 0 aromatic carbocycles. The zero-order chi connectivity index (χ0) is 13.0. The number of hydrogen-bond acceptors (Lipinski definition) is 4. The fourth-order valence-electron chi connectivity index (χ4n) is 2.50. The van der Waals surface area contributed by atoms with Crippen molar-refractivity contribution in [1.82, 2.24) is 14.7 Å². The standard InChI is InChI=1S/C12H21N3O3/c16-9-8-13-4-6-14(7-5-13)12(18)10-15-3-1-2-11(15)17/h16H,1-10H2. The lowest BCUT2D eigenvalue weighted by Crippen LogP contribution is -2.51. The molecular weight excluding hydrogens is 234 g/mol. The zero-order valence-corrected chi connectivity index (χ0v) is 10.7. The molecule has 0 spiro atoms. The van der Waals surface area contributed by atoms with Gasteiger partial charge in [-0.3, -0.25) is 14.5 Å². The molecule has 2 fully saturated rings. The Morgan fingerprint density at radius 2 is 1.89 bits per heavy atom. The van der Waals surface area contributed by atoms with Crippen LogP contribution in [0.25, 0.3) is 0 Å². The van der Waals surface area contributed by atoms with Crippen molar-refractivity contribution < 1.29 is 14.7 Å². The number of likely N-dealkylation sites (tertiary alicyclic amines) is 1. The molecule has 2 rings (SSSR count). The monoisotopic (exact) mass is 255 g/mol. The quantitative estimate of drug-likeness (QED) is 0.681. The second-order valence-corrected chi connectivity index (χ2v) is 4.86. The average Bonchev–Trinajstić information content (AvgIpc) is 2.76. The fraction of sp³-hybridized carbons (Fsp3) is 0.833. The molecule has 1 N–H and O–H groups in total. The molecule has 2 aliphatic heterocycles. The summed E-state index contributed by atoms with van der Waals surface area (Å²) >= 11 is 0. The maximum atomic E-state index is 12.0. The number of carbonyl (C=O) groups excluding carboxylic acids is 2. The summed E-state index contributed by atoms with van der Waals surface area (Å²) in [6.07, 6.45) is 1.45. The number of nitrogens with zero attached hydrogens (tertiary/aromatic N) is 3. The first-order chi connectivity index (χ1) is 8.70. The van der Waals surface area contributed by atoms with Crippen molar-refractivity contribution in [3.8, 4) is 0 Å². The molecule has 0 atom stereocenters. The summed E-state index contributed by atoms with van der Waals surface area (Å²) in [6, 6.07) is 0. The van der Waals surface area contributed by atoms with Crippen LogP contribution in [-0.4, -0.2) is 84.0 Å². The van der Waals surface area contributed by atoms with Gasteiger partial charge >= 0.3 is 0 Å². The minimum atomic E-state index is 0.0499. The number of aliphatic hydroxyl groups excluding tert-OH is 1. The Labute approximate surface area is 107 Å². The van der Waals surface area contributed by atoms with Crippen molar-refractivity contribution in [3.63, 3.8) is 0 Å². The van der Waals surface area contributed by atoms with Crippen LogP contribution in [0.1, 0.15) is 12.8 Å². The van der Waals surface area contributed by atoms with Crippen LogP contribution in [0.5, 0.6) is 0 Å².